The Bertz CT molecular complexity index is 353. The smallest absolute Gasteiger partial charge is 0.142 e. The molecule has 4 nitrogen and oxygen atoms in total. The van der Waals surface area contributed by atoms with E-state index in [9.17, 15) is 0 Å². The van der Waals surface area contributed by atoms with Gasteiger partial charge in [0, 0.05) is 18.4 Å². The quantitative estimate of drug-likeness (QED) is 0.876. The highest BCUT2D eigenvalue weighted by Gasteiger charge is 2.28. The zero-order chi connectivity index (χ0) is 12.2. The number of likely N-dealkylation sites (tertiary alicyclic amines) is 1. The Morgan fingerprint density at radius 3 is 2.61 bits per heavy atom. The van der Waals surface area contributed by atoms with Crippen LogP contribution in [0.3, 0.4) is 0 Å². The van der Waals surface area contributed by atoms with E-state index in [0.717, 1.165) is 24.3 Å². The second-order valence-corrected chi connectivity index (χ2v) is 5.48. The molecule has 2 saturated heterocycles. The van der Waals surface area contributed by atoms with Crippen molar-refractivity contribution in [1.82, 2.24) is 20.2 Å². The number of nitrogens with zero attached hydrogens (tertiary/aromatic N) is 3. The molecule has 1 atom stereocenters. The number of nitrogens with one attached hydrogen (secondary N) is 1. The van der Waals surface area contributed by atoms with Crippen molar-refractivity contribution in [3.05, 3.63) is 24.3 Å². The fourth-order valence-corrected chi connectivity index (χ4v) is 3.24. The maximum Gasteiger partial charge on any atom is 0.142 e. The van der Waals surface area contributed by atoms with Crippen molar-refractivity contribution in [3.63, 3.8) is 0 Å². The van der Waals surface area contributed by atoms with Crippen LogP contribution in [0.4, 0.5) is 0 Å². The average molecular weight is 246 g/mol. The Morgan fingerprint density at radius 2 is 1.94 bits per heavy atom. The van der Waals surface area contributed by atoms with Gasteiger partial charge in [-0.25, -0.2) is 9.97 Å². The number of rotatable bonds is 3. The SMILES string of the molecule is c1cnc(CN2CCC(C3CCCN3)CC2)nc1. The van der Waals surface area contributed by atoms with Gasteiger partial charge in [-0.2, -0.15) is 0 Å². The predicted molar refractivity (Wildman–Crippen MR) is 71.1 cm³/mol. The fourth-order valence-electron chi connectivity index (χ4n) is 3.24. The van der Waals surface area contributed by atoms with Gasteiger partial charge in [-0.15, -0.1) is 0 Å². The van der Waals surface area contributed by atoms with Gasteiger partial charge in [-0.05, 0) is 57.3 Å². The van der Waals surface area contributed by atoms with Gasteiger partial charge >= 0.3 is 0 Å². The standard InChI is InChI=1S/C14H22N4/c1-3-13(15-6-1)12-4-9-18(10-5-12)11-14-16-7-2-8-17-14/h2,7-8,12-13,15H,1,3-6,9-11H2. The van der Waals surface area contributed by atoms with Gasteiger partial charge in [0.15, 0.2) is 0 Å². The van der Waals surface area contributed by atoms with Crippen LogP contribution in [0, 0.1) is 5.92 Å². The van der Waals surface area contributed by atoms with Crippen molar-refractivity contribution in [3.8, 4) is 0 Å². The molecule has 2 fully saturated rings. The van der Waals surface area contributed by atoms with E-state index in [0.29, 0.717) is 0 Å². The van der Waals surface area contributed by atoms with Crippen molar-refractivity contribution in [2.24, 2.45) is 5.92 Å². The van der Waals surface area contributed by atoms with Gasteiger partial charge in [-0.1, -0.05) is 0 Å². The van der Waals surface area contributed by atoms with Gasteiger partial charge in [0.25, 0.3) is 0 Å². The minimum absolute atomic E-state index is 0.792. The van der Waals surface area contributed by atoms with Crippen molar-refractivity contribution in [1.29, 1.82) is 0 Å². The molecule has 4 heteroatoms. The maximum atomic E-state index is 4.30. The summed E-state index contributed by atoms with van der Waals surface area (Å²) < 4.78 is 0. The third-order valence-corrected chi connectivity index (χ3v) is 4.28. The summed E-state index contributed by atoms with van der Waals surface area (Å²) in [6.07, 6.45) is 9.05. The second-order valence-electron chi connectivity index (χ2n) is 5.48. The number of piperidine rings is 1. The molecule has 0 radical (unpaired) electrons. The van der Waals surface area contributed by atoms with Crippen LogP contribution in [0.15, 0.2) is 18.5 Å². The Kier molecular flexibility index (Phi) is 3.86. The minimum Gasteiger partial charge on any atom is -0.314 e. The van der Waals surface area contributed by atoms with Crippen molar-refractivity contribution < 1.29 is 0 Å². The molecule has 0 bridgehead atoms. The van der Waals surface area contributed by atoms with Crippen LogP contribution in [-0.4, -0.2) is 40.5 Å². The van der Waals surface area contributed by atoms with Gasteiger partial charge in [0.1, 0.15) is 5.82 Å². The zero-order valence-corrected chi connectivity index (χ0v) is 10.9. The summed E-state index contributed by atoms with van der Waals surface area (Å²) in [5, 5.41) is 3.65. The molecule has 18 heavy (non-hydrogen) atoms. The molecule has 1 aromatic heterocycles. The number of hydrogen-bond acceptors (Lipinski definition) is 4. The van der Waals surface area contributed by atoms with E-state index in [1.165, 1.54) is 45.3 Å². The molecular weight excluding hydrogens is 224 g/mol. The van der Waals surface area contributed by atoms with Crippen LogP contribution in [0.25, 0.3) is 0 Å². The highest BCUT2D eigenvalue weighted by atomic mass is 15.2. The number of hydrogen-bond donors (Lipinski definition) is 1. The van der Waals surface area contributed by atoms with E-state index in [1.807, 2.05) is 18.5 Å². The van der Waals surface area contributed by atoms with E-state index < -0.39 is 0 Å². The predicted octanol–water partition coefficient (Wildman–Crippen LogP) is 1.44. The highest BCUT2D eigenvalue weighted by Crippen LogP contribution is 2.25. The Balaban J connectivity index is 1.48. The maximum absolute atomic E-state index is 4.30. The number of aromatic nitrogens is 2. The van der Waals surface area contributed by atoms with Crippen molar-refractivity contribution in [2.45, 2.75) is 38.3 Å². The molecular formula is C14H22N4. The normalized spacial score (nSPS) is 26.6. The summed E-state index contributed by atoms with van der Waals surface area (Å²) in [6, 6.07) is 2.67. The molecule has 1 aromatic rings. The van der Waals surface area contributed by atoms with Crippen LogP contribution >= 0.6 is 0 Å². The Morgan fingerprint density at radius 1 is 1.17 bits per heavy atom. The van der Waals surface area contributed by atoms with Crippen LogP contribution in [0.2, 0.25) is 0 Å². The zero-order valence-electron chi connectivity index (χ0n) is 10.9. The molecule has 2 aliphatic heterocycles. The summed E-state index contributed by atoms with van der Waals surface area (Å²) in [5.74, 6) is 1.84. The molecule has 0 amide bonds. The first-order chi connectivity index (χ1) is 8.92. The monoisotopic (exact) mass is 246 g/mol. The average Bonchev–Trinajstić information content (AvgIpc) is 2.95. The first-order valence-corrected chi connectivity index (χ1v) is 7.13. The van der Waals surface area contributed by atoms with E-state index in [-0.39, 0.29) is 0 Å². The lowest BCUT2D eigenvalue weighted by Crippen LogP contribution is -2.40. The van der Waals surface area contributed by atoms with Gasteiger partial charge < -0.3 is 5.32 Å². The largest absolute Gasteiger partial charge is 0.314 e. The summed E-state index contributed by atoms with van der Waals surface area (Å²) in [6.45, 7) is 4.52. The highest BCUT2D eigenvalue weighted by molar-refractivity contribution is 4.90. The molecule has 1 unspecified atom stereocenters. The summed E-state index contributed by atoms with van der Waals surface area (Å²) >= 11 is 0. The summed E-state index contributed by atoms with van der Waals surface area (Å²) in [4.78, 5) is 11.1. The third kappa shape index (κ3) is 2.87. The fraction of sp³-hybridized carbons (Fsp3) is 0.714. The topological polar surface area (TPSA) is 41.1 Å². The first-order valence-electron chi connectivity index (χ1n) is 7.13. The van der Waals surface area contributed by atoms with E-state index in [4.69, 9.17) is 0 Å². The Labute approximate surface area is 109 Å². The molecule has 3 heterocycles. The van der Waals surface area contributed by atoms with E-state index in [2.05, 4.69) is 20.2 Å². The summed E-state index contributed by atoms with van der Waals surface area (Å²) in [5.41, 5.74) is 0. The van der Waals surface area contributed by atoms with Gasteiger partial charge in [0.05, 0.1) is 6.54 Å². The first kappa shape index (κ1) is 12.1. The molecule has 98 valence electrons. The third-order valence-electron chi connectivity index (χ3n) is 4.28. The molecule has 1 N–H and O–H groups in total. The van der Waals surface area contributed by atoms with Crippen molar-refractivity contribution in [2.75, 3.05) is 19.6 Å². The second kappa shape index (κ2) is 5.76. The van der Waals surface area contributed by atoms with Crippen LogP contribution in [0.5, 0.6) is 0 Å². The lowest BCUT2D eigenvalue weighted by atomic mass is 9.88. The lowest BCUT2D eigenvalue weighted by molar-refractivity contribution is 0.154. The summed E-state index contributed by atoms with van der Waals surface area (Å²) in [7, 11) is 0. The molecule has 2 aliphatic rings. The molecule has 3 rings (SSSR count). The molecule has 0 spiro atoms. The molecule has 0 aliphatic carbocycles. The van der Waals surface area contributed by atoms with E-state index in [1.54, 1.807) is 0 Å². The van der Waals surface area contributed by atoms with Gasteiger partial charge in [0.2, 0.25) is 0 Å². The van der Waals surface area contributed by atoms with Crippen LogP contribution in [0.1, 0.15) is 31.5 Å². The Hall–Kier alpha value is -1.00. The molecule has 0 aromatic carbocycles. The van der Waals surface area contributed by atoms with Crippen LogP contribution < -0.4 is 5.32 Å². The lowest BCUT2D eigenvalue weighted by Gasteiger charge is -2.34. The molecule has 0 saturated carbocycles. The van der Waals surface area contributed by atoms with Crippen LogP contribution in [-0.2, 0) is 6.54 Å². The van der Waals surface area contributed by atoms with Gasteiger partial charge in [-0.3, -0.25) is 4.90 Å². The minimum atomic E-state index is 0.792. The van der Waals surface area contributed by atoms with E-state index >= 15 is 0 Å². The van der Waals surface area contributed by atoms with Crippen molar-refractivity contribution >= 4 is 0 Å².